The van der Waals surface area contributed by atoms with Crippen LogP contribution in [0.25, 0.3) is 0 Å². The number of unbranched alkanes of at least 4 members (excludes halogenated alkanes) is 1. The smallest absolute Gasteiger partial charge is 0.264 e. The Bertz CT molecular complexity index is 888. The average Bonchev–Trinajstić information content (AvgIpc) is 2.72. The Hall–Kier alpha value is -2.05. The minimum atomic E-state index is -3.91. The molecular formula is C22H29ClN2O3S. The number of benzene rings is 2. The third-order valence-corrected chi connectivity index (χ3v) is 6.87. The second-order valence-electron chi connectivity index (χ2n) is 7.03. The SMILES string of the molecule is CCCCC(CC)CNC(=O)CN(c1cccc(Cl)c1)S(=O)(=O)c1ccccc1. The quantitative estimate of drug-likeness (QED) is 0.546. The van der Waals surface area contributed by atoms with Crippen molar-refractivity contribution in [3.8, 4) is 0 Å². The molecule has 0 radical (unpaired) electrons. The molecule has 1 N–H and O–H groups in total. The van der Waals surface area contributed by atoms with Gasteiger partial charge < -0.3 is 5.32 Å². The number of amides is 1. The zero-order chi connectivity index (χ0) is 21.3. The molecule has 0 aliphatic heterocycles. The number of nitrogens with one attached hydrogen (secondary N) is 1. The molecule has 0 saturated heterocycles. The number of sulfonamides is 1. The van der Waals surface area contributed by atoms with E-state index in [-0.39, 0.29) is 17.3 Å². The van der Waals surface area contributed by atoms with Gasteiger partial charge in [0.25, 0.3) is 10.0 Å². The summed E-state index contributed by atoms with van der Waals surface area (Å²) in [7, 11) is -3.91. The van der Waals surface area contributed by atoms with Crippen LogP contribution in [0.4, 0.5) is 5.69 Å². The van der Waals surface area contributed by atoms with Crippen molar-refractivity contribution in [2.75, 3.05) is 17.4 Å². The second-order valence-corrected chi connectivity index (χ2v) is 9.32. The Morgan fingerprint density at radius 1 is 1.10 bits per heavy atom. The highest BCUT2D eigenvalue weighted by Gasteiger charge is 2.27. The number of nitrogens with zero attached hydrogens (tertiary/aromatic N) is 1. The number of carbonyl (C=O) groups excluding carboxylic acids is 1. The van der Waals surface area contributed by atoms with Crippen molar-refractivity contribution in [2.45, 2.75) is 44.4 Å². The van der Waals surface area contributed by atoms with Crippen molar-refractivity contribution in [3.63, 3.8) is 0 Å². The van der Waals surface area contributed by atoms with Crippen LogP contribution in [0.1, 0.15) is 39.5 Å². The molecule has 0 aromatic heterocycles. The maximum atomic E-state index is 13.2. The Labute approximate surface area is 179 Å². The fourth-order valence-electron chi connectivity index (χ4n) is 3.05. The Kier molecular flexibility index (Phi) is 8.99. The first-order valence-corrected chi connectivity index (χ1v) is 11.8. The van der Waals surface area contributed by atoms with Gasteiger partial charge in [-0.1, -0.05) is 69.0 Å². The van der Waals surface area contributed by atoms with Crippen LogP contribution in [0, 0.1) is 5.92 Å². The van der Waals surface area contributed by atoms with Gasteiger partial charge in [-0.25, -0.2) is 8.42 Å². The molecule has 0 heterocycles. The van der Waals surface area contributed by atoms with Gasteiger partial charge in [-0.3, -0.25) is 9.10 Å². The van der Waals surface area contributed by atoms with Crippen LogP contribution in [0.2, 0.25) is 5.02 Å². The lowest BCUT2D eigenvalue weighted by atomic mass is 9.99. The lowest BCUT2D eigenvalue weighted by Crippen LogP contribution is -2.42. The maximum Gasteiger partial charge on any atom is 0.264 e. The van der Waals surface area contributed by atoms with E-state index in [2.05, 4.69) is 19.2 Å². The van der Waals surface area contributed by atoms with Gasteiger partial charge in [0.1, 0.15) is 6.54 Å². The first kappa shape index (κ1) is 23.2. The van der Waals surface area contributed by atoms with Crippen molar-refractivity contribution in [1.82, 2.24) is 5.32 Å². The molecule has 2 aromatic rings. The van der Waals surface area contributed by atoms with Crippen molar-refractivity contribution in [2.24, 2.45) is 5.92 Å². The highest BCUT2D eigenvalue weighted by Crippen LogP contribution is 2.26. The Morgan fingerprint density at radius 2 is 1.83 bits per heavy atom. The van der Waals surface area contributed by atoms with Crippen LogP contribution >= 0.6 is 11.6 Å². The normalized spacial score (nSPS) is 12.4. The number of carbonyl (C=O) groups is 1. The summed E-state index contributed by atoms with van der Waals surface area (Å²) in [4.78, 5) is 12.8. The first-order chi connectivity index (χ1) is 13.9. The molecule has 0 spiro atoms. The fraction of sp³-hybridized carbons (Fsp3) is 0.409. The number of hydrogen-bond acceptors (Lipinski definition) is 3. The van der Waals surface area contributed by atoms with Crippen molar-refractivity contribution < 1.29 is 13.2 Å². The molecule has 0 bridgehead atoms. The van der Waals surface area contributed by atoms with E-state index in [1.165, 1.54) is 12.1 Å². The summed E-state index contributed by atoms with van der Waals surface area (Å²) < 4.78 is 27.5. The standard InChI is InChI=1S/C22H29ClN2O3S/c1-3-5-10-18(4-2)16-24-22(26)17-25(20-12-9-11-19(23)15-20)29(27,28)21-13-7-6-8-14-21/h6-9,11-15,18H,3-5,10,16-17H2,1-2H3,(H,24,26). The minimum Gasteiger partial charge on any atom is -0.354 e. The number of anilines is 1. The lowest BCUT2D eigenvalue weighted by molar-refractivity contribution is -0.119. The molecule has 1 atom stereocenters. The van der Waals surface area contributed by atoms with Crippen molar-refractivity contribution in [3.05, 3.63) is 59.6 Å². The number of rotatable bonds is 11. The third-order valence-electron chi connectivity index (χ3n) is 4.85. The number of halogens is 1. The second kappa shape index (κ2) is 11.2. The third kappa shape index (κ3) is 6.75. The zero-order valence-corrected chi connectivity index (χ0v) is 18.5. The van der Waals surface area contributed by atoms with Gasteiger partial charge in [0.05, 0.1) is 10.6 Å². The predicted molar refractivity (Wildman–Crippen MR) is 119 cm³/mol. The van der Waals surface area contributed by atoms with E-state index >= 15 is 0 Å². The van der Waals surface area contributed by atoms with E-state index in [1.807, 2.05) is 0 Å². The van der Waals surface area contributed by atoms with Crippen LogP contribution in [-0.2, 0) is 14.8 Å². The molecule has 1 unspecified atom stereocenters. The molecule has 0 aliphatic rings. The molecule has 158 valence electrons. The van der Waals surface area contributed by atoms with Crippen molar-refractivity contribution in [1.29, 1.82) is 0 Å². The van der Waals surface area contributed by atoms with Gasteiger partial charge in [-0.2, -0.15) is 0 Å². The average molecular weight is 437 g/mol. The molecule has 7 heteroatoms. The maximum absolute atomic E-state index is 13.2. The summed E-state index contributed by atoms with van der Waals surface area (Å²) >= 11 is 6.07. The Morgan fingerprint density at radius 3 is 2.45 bits per heavy atom. The summed E-state index contributed by atoms with van der Waals surface area (Å²) in [6.45, 7) is 4.49. The molecule has 29 heavy (non-hydrogen) atoms. The topological polar surface area (TPSA) is 66.5 Å². The van der Waals surface area contributed by atoms with E-state index < -0.39 is 10.0 Å². The van der Waals surface area contributed by atoms with E-state index in [0.29, 0.717) is 23.2 Å². The monoisotopic (exact) mass is 436 g/mol. The van der Waals surface area contributed by atoms with E-state index in [0.717, 1.165) is 30.0 Å². The summed E-state index contributed by atoms with van der Waals surface area (Å²) in [5.41, 5.74) is 0.356. The molecule has 0 saturated carbocycles. The predicted octanol–water partition coefficient (Wildman–Crippen LogP) is 4.87. The zero-order valence-electron chi connectivity index (χ0n) is 17.0. The van der Waals surface area contributed by atoms with Crippen LogP contribution < -0.4 is 9.62 Å². The van der Waals surface area contributed by atoms with Crippen LogP contribution in [0.15, 0.2) is 59.5 Å². The largest absolute Gasteiger partial charge is 0.354 e. The van der Waals surface area contributed by atoms with Gasteiger partial charge in [0, 0.05) is 11.6 Å². The minimum absolute atomic E-state index is 0.127. The molecule has 2 aromatic carbocycles. The van der Waals surface area contributed by atoms with Gasteiger partial charge >= 0.3 is 0 Å². The first-order valence-electron chi connectivity index (χ1n) is 9.98. The summed E-state index contributed by atoms with van der Waals surface area (Å²) in [6.07, 6.45) is 4.25. The molecule has 1 amide bonds. The fourth-order valence-corrected chi connectivity index (χ4v) is 4.67. The molecule has 0 fully saturated rings. The van der Waals surface area contributed by atoms with Gasteiger partial charge in [0.2, 0.25) is 5.91 Å². The lowest BCUT2D eigenvalue weighted by Gasteiger charge is -2.25. The van der Waals surface area contributed by atoms with Crippen molar-refractivity contribution >= 4 is 33.2 Å². The highest BCUT2D eigenvalue weighted by molar-refractivity contribution is 7.92. The Balaban J connectivity index is 2.21. The highest BCUT2D eigenvalue weighted by atomic mass is 35.5. The van der Waals surface area contributed by atoms with Crippen LogP contribution in [0.5, 0.6) is 0 Å². The molecule has 2 rings (SSSR count). The van der Waals surface area contributed by atoms with E-state index in [4.69, 9.17) is 11.6 Å². The van der Waals surface area contributed by atoms with E-state index in [9.17, 15) is 13.2 Å². The summed E-state index contributed by atoms with van der Waals surface area (Å²) in [5.74, 6) is 0.0590. The van der Waals surface area contributed by atoms with Crippen LogP contribution in [-0.4, -0.2) is 27.4 Å². The summed E-state index contributed by atoms with van der Waals surface area (Å²) in [6, 6.07) is 14.6. The molecular weight excluding hydrogens is 408 g/mol. The van der Waals surface area contributed by atoms with Gasteiger partial charge in [-0.05, 0) is 42.7 Å². The summed E-state index contributed by atoms with van der Waals surface area (Å²) in [5, 5.41) is 3.31. The number of hydrogen-bond donors (Lipinski definition) is 1. The van der Waals surface area contributed by atoms with E-state index in [1.54, 1.807) is 42.5 Å². The van der Waals surface area contributed by atoms with Crippen LogP contribution in [0.3, 0.4) is 0 Å². The molecule has 5 nitrogen and oxygen atoms in total. The van der Waals surface area contributed by atoms with Gasteiger partial charge in [0.15, 0.2) is 0 Å². The van der Waals surface area contributed by atoms with Gasteiger partial charge in [-0.15, -0.1) is 0 Å². The molecule has 0 aliphatic carbocycles.